The number of amides is 1. The number of ether oxygens (including phenoxy) is 2. The zero-order chi connectivity index (χ0) is 19.8. The number of carbonyl (C=O) groups excluding carboxylic acids is 1. The Morgan fingerprint density at radius 1 is 1.07 bits per heavy atom. The maximum absolute atomic E-state index is 13.6. The number of benzene rings is 2. The molecule has 0 radical (unpaired) electrons. The molecular formula is C19H19F2NO5. The summed E-state index contributed by atoms with van der Waals surface area (Å²) in [6.45, 7) is 1.52. The van der Waals surface area contributed by atoms with Crippen molar-refractivity contribution in [1.82, 2.24) is 5.32 Å². The predicted octanol–water partition coefficient (Wildman–Crippen LogP) is 2.80. The molecule has 6 nitrogen and oxygen atoms in total. The zero-order valence-corrected chi connectivity index (χ0v) is 14.6. The smallest absolute Gasteiger partial charge is 0.341 e. The molecule has 0 saturated heterocycles. The van der Waals surface area contributed by atoms with Gasteiger partial charge in [0, 0.05) is 17.7 Å². The molecule has 2 N–H and O–H groups in total. The molecule has 2 aromatic carbocycles. The van der Waals surface area contributed by atoms with Crippen molar-refractivity contribution in [3.63, 3.8) is 0 Å². The van der Waals surface area contributed by atoms with Gasteiger partial charge in [0.05, 0.1) is 6.61 Å². The van der Waals surface area contributed by atoms with Crippen molar-refractivity contribution in [2.75, 3.05) is 19.8 Å². The molecule has 2 rings (SSSR count). The lowest BCUT2D eigenvalue weighted by atomic mass is 10.1. The van der Waals surface area contributed by atoms with E-state index < -0.39 is 30.1 Å². The Morgan fingerprint density at radius 2 is 1.78 bits per heavy atom. The summed E-state index contributed by atoms with van der Waals surface area (Å²) in [6.07, 6.45) is 0.00235. The maximum Gasteiger partial charge on any atom is 0.341 e. The SMILES string of the molecule is CCOc1cc(C(=O)NCCc2c(F)cccc2F)ccc1OCC(=O)O. The standard InChI is InChI=1S/C19H19F2NO5/c1-2-26-17-10-12(6-7-16(17)27-11-18(23)24)19(25)22-9-8-13-14(20)4-3-5-15(13)21/h3-7,10H,2,8-9,11H2,1H3,(H,22,25)(H,23,24). The third kappa shape index (κ3) is 5.67. The molecule has 8 heteroatoms. The van der Waals surface area contributed by atoms with E-state index in [0.717, 1.165) is 12.1 Å². The number of nitrogens with one attached hydrogen (secondary N) is 1. The third-order valence-corrected chi connectivity index (χ3v) is 3.58. The summed E-state index contributed by atoms with van der Waals surface area (Å²) >= 11 is 0. The predicted molar refractivity (Wildman–Crippen MR) is 93.1 cm³/mol. The van der Waals surface area contributed by atoms with E-state index in [1.54, 1.807) is 6.92 Å². The van der Waals surface area contributed by atoms with Crippen molar-refractivity contribution in [2.24, 2.45) is 0 Å². The highest BCUT2D eigenvalue weighted by molar-refractivity contribution is 5.94. The number of rotatable bonds is 9. The highest BCUT2D eigenvalue weighted by atomic mass is 19.1. The number of aliphatic carboxylic acids is 1. The van der Waals surface area contributed by atoms with Gasteiger partial charge in [-0.25, -0.2) is 13.6 Å². The fourth-order valence-electron chi connectivity index (χ4n) is 2.35. The quantitative estimate of drug-likeness (QED) is 0.700. The number of carboxylic acid groups (broad SMARTS) is 1. The van der Waals surface area contributed by atoms with Crippen LogP contribution in [-0.4, -0.2) is 36.7 Å². The van der Waals surface area contributed by atoms with Gasteiger partial charge in [0.15, 0.2) is 18.1 Å². The molecule has 0 bridgehead atoms. The first kappa shape index (κ1) is 20.2. The molecule has 1 amide bonds. The number of carboxylic acids is 1. The Kier molecular flexibility index (Phi) is 7.10. The lowest BCUT2D eigenvalue weighted by Crippen LogP contribution is -2.26. The second kappa shape index (κ2) is 9.51. The van der Waals surface area contributed by atoms with Crippen LogP contribution in [0.1, 0.15) is 22.8 Å². The number of hydrogen-bond donors (Lipinski definition) is 2. The molecule has 0 atom stereocenters. The van der Waals surface area contributed by atoms with E-state index >= 15 is 0 Å². The van der Waals surface area contributed by atoms with Crippen molar-refractivity contribution >= 4 is 11.9 Å². The fraction of sp³-hybridized carbons (Fsp3) is 0.263. The Hall–Kier alpha value is -3.16. The lowest BCUT2D eigenvalue weighted by Gasteiger charge is -2.12. The minimum absolute atomic E-state index is 0.00235. The summed E-state index contributed by atoms with van der Waals surface area (Å²) in [4.78, 5) is 22.9. The summed E-state index contributed by atoms with van der Waals surface area (Å²) in [5.41, 5.74) is 0.153. The maximum atomic E-state index is 13.6. The lowest BCUT2D eigenvalue weighted by molar-refractivity contribution is -0.139. The second-order valence-corrected chi connectivity index (χ2v) is 5.48. The fourth-order valence-corrected chi connectivity index (χ4v) is 2.35. The van der Waals surface area contributed by atoms with Crippen LogP contribution < -0.4 is 14.8 Å². The molecule has 0 spiro atoms. The third-order valence-electron chi connectivity index (χ3n) is 3.58. The van der Waals surface area contributed by atoms with Crippen LogP contribution >= 0.6 is 0 Å². The van der Waals surface area contributed by atoms with E-state index in [1.165, 1.54) is 24.3 Å². The normalized spacial score (nSPS) is 10.3. The first-order valence-electron chi connectivity index (χ1n) is 8.25. The van der Waals surface area contributed by atoms with Gasteiger partial charge in [-0.1, -0.05) is 6.07 Å². The van der Waals surface area contributed by atoms with Crippen LogP contribution in [-0.2, 0) is 11.2 Å². The van der Waals surface area contributed by atoms with Gasteiger partial charge in [0.25, 0.3) is 5.91 Å². The summed E-state index contributed by atoms with van der Waals surface area (Å²) in [5, 5.41) is 11.3. The second-order valence-electron chi connectivity index (χ2n) is 5.48. The molecular weight excluding hydrogens is 360 g/mol. The molecule has 0 aromatic heterocycles. The van der Waals surface area contributed by atoms with Gasteiger partial charge in [-0.15, -0.1) is 0 Å². The Balaban J connectivity index is 2.02. The molecule has 0 heterocycles. The van der Waals surface area contributed by atoms with Crippen LogP contribution in [0, 0.1) is 11.6 Å². The topological polar surface area (TPSA) is 84.9 Å². The molecule has 27 heavy (non-hydrogen) atoms. The van der Waals surface area contributed by atoms with Gasteiger partial charge in [-0.2, -0.15) is 0 Å². The summed E-state index contributed by atoms with van der Waals surface area (Å²) in [6, 6.07) is 7.88. The van der Waals surface area contributed by atoms with Gasteiger partial charge < -0.3 is 19.9 Å². The van der Waals surface area contributed by atoms with E-state index in [9.17, 15) is 18.4 Å². The first-order valence-corrected chi connectivity index (χ1v) is 8.25. The largest absolute Gasteiger partial charge is 0.490 e. The van der Waals surface area contributed by atoms with Crippen LogP contribution in [0.5, 0.6) is 11.5 Å². The zero-order valence-electron chi connectivity index (χ0n) is 14.6. The Morgan fingerprint density at radius 3 is 2.41 bits per heavy atom. The molecule has 0 aliphatic carbocycles. The first-order chi connectivity index (χ1) is 12.9. The van der Waals surface area contributed by atoms with Crippen molar-refractivity contribution in [1.29, 1.82) is 0 Å². The number of carbonyl (C=O) groups is 2. The van der Waals surface area contributed by atoms with Gasteiger partial charge in [-0.05, 0) is 43.7 Å². The highest BCUT2D eigenvalue weighted by Crippen LogP contribution is 2.28. The van der Waals surface area contributed by atoms with Crippen molar-refractivity contribution < 1.29 is 33.0 Å². The van der Waals surface area contributed by atoms with Crippen LogP contribution in [0.25, 0.3) is 0 Å². The van der Waals surface area contributed by atoms with Crippen LogP contribution in [0.15, 0.2) is 36.4 Å². The van der Waals surface area contributed by atoms with Gasteiger partial charge >= 0.3 is 5.97 Å². The monoisotopic (exact) mass is 379 g/mol. The molecule has 144 valence electrons. The van der Waals surface area contributed by atoms with Gasteiger partial charge in [-0.3, -0.25) is 4.79 Å². The Labute approximate surface area is 154 Å². The number of halogens is 2. The molecule has 2 aromatic rings. The van der Waals surface area contributed by atoms with Crippen LogP contribution in [0.4, 0.5) is 8.78 Å². The van der Waals surface area contributed by atoms with E-state index in [0.29, 0.717) is 6.61 Å². The average molecular weight is 379 g/mol. The Bertz CT molecular complexity index is 805. The van der Waals surface area contributed by atoms with Gasteiger partial charge in [0.1, 0.15) is 11.6 Å². The molecule has 0 fully saturated rings. The molecule has 0 unspecified atom stereocenters. The minimum Gasteiger partial charge on any atom is -0.490 e. The van der Waals surface area contributed by atoms with Gasteiger partial charge in [0.2, 0.25) is 0 Å². The van der Waals surface area contributed by atoms with Crippen LogP contribution in [0.2, 0.25) is 0 Å². The van der Waals surface area contributed by atoms with Crippen molar-refractivity contribution in [3.05, 3.63) is 59.2 Å². The minimum atomic E-state index is -1.14. The average Bonchev–Trinajstić information content (AvgIpc) is 2.63. The van der Waals surface area contributed by atoms with E-state index in [4.69, 9.17) is 14.6 Å². The molecule has 0 aliphatic rings. The van der Waals surface area contributed by atoms with Crippen molar-refractivity contribution in [3.8, 4) is 11.5 Å². The van der Waals surface area contributed by atoms with Crippen LogP contribution in [0.3, 0.4) is 0 Å². The summed E-state index contributed by atoms with van der Waals surface area (Å²) in [7, 11) is 0. The highest BCUT2D eigenvalue weighted by Gasteiger charge is 2.13. The summed E-state index contributed by atoms with van der Waals surface area (Å²) in [5.74, 6) is -2.50. The number of hydrogen-bond acceptors (Lipinski definition) is 4. The van der Waals surface area contributed by atoms with E-state index in [2.05, 4.69) is 5.32 Å². The van der Waals surface area contributed by atoms with E-state index in [-0.39, 0.29) is 35.6 Å². The van der Waals surface area contributed by atoms with E-state index in [1.807, 2.05) is 0 Å². The van der Waals surface area contributed by atoms with Crippen molar-refractivity contribution in [2.45, 2.75) is 13.3 Å². The summed E-state index contributed by atoms with van der Waals surface area (Å²) < 4.78 is 37.6. The molecule has 0 aliphatic heterocycles. The molecule has 0 saturated carbocycles.